The molecule has 2 N–H and O–H groups in total. The Labute approximate surface area is 173 Å². The zero-order chi connectivity index (χ0) is 20.4. The Balaban J connectivity index is 1.81. The van der Waals surface area contributed by atoms with Crippen LogP contribution in [0.25, 0.3) is 0 Å². The zero-order valence-electron chi connectivity index (χ0n) is 16.8. The van der Waals surface area contributed by atoms with E-state index >= 15 is 0 Å². The number of esters is 1. The van der Waals surface area contributed by atoms with Crippen LogP contribution in [0.3, 0.4) is 0 Å². The van der Waals surface area contributed by atoms with E-state index in [9.17, 15) is 4.79 Å². The quantitative estimate of drug-likeness (QED) is 0.486. The standard InChI is InChI=1S/C22H29N3O2S/c1-4-25(5-2)15-16-27-21(26)19-11-13-20(14-12-19)24-22(28)23-17(3)18-9-7-6-8-10-18/h6-14,17H,4-5,15-16H2,1-3H3,(H2,23,24,28). The van der Waals surface area contributed by atoms with Crippen molar-refractivity contribution in [3.8, 4) is 0 Å². The molecule has 1 atom stereocenters. The number of carbonyl (C=O) groups is 1. The second-order valence-corrected chi connectivity index (χ2v) is 6.88. The summed E-state index contributed by atoms with van der Waals surface area (Å²) < 4.78 is 5.35. The molecule has 0 aliphatic carbocycles. The number of anilines is 1. The Morgan fingerprint density at radius 1 is 1.07 bits per heavy atom. The number of likely N-dealkylation sites (N-methyl/N-ethyl adjacent to an activating group) is 1. The summed E-state index contributed by atoms with van der Waals surface area (Å²) in [6.07, 6.45) is 0. The minimum absolute atomic E-state index is 0.0984. The fraction of sp³-hybridized carbons (Fsp3) is 0.364. The second-order valence-electron chi connectivity index (χ2n) is 6.47. The van der Waals surface area contributed by atoms with Crippen LogP contribution < -0.4 is 10.6 Å². The van der Waals surface area contributed by atoms with Crippen LogP contribution in [-0.4, -0.2) is 42.2 Å². The molecule has 5 nitrogen and oxygen atoms in total. The Kier molecular flexibility index (Phi) is 8.91. The average Bonchev–Trinajstić information content (AvgIpc) is 2.72. The van der Waals surface area contributed by atoms with E-state index in [1.165, 1.54) is 0 Å². The maximum Gasteiger partial charge on any atom is 0.338 e. The van der Waals surface area contributed by atoms with E-state index in [4.69, 9.17) is 17.0 Å². The molecule has 0 bridgehead atoms. The number of rotatable bonds is 9. The molecule has 28 heavy (non-hydrogen) atoms. The molecule has 1 unspecified atom stereocenters. The van der Waals surface area contributed by atoms with Crippen LogP contribution in [0.2, 0.25) is 0 Å². The van der Waals surface area contributed by atoms with Crippen molar-refractivity contribution in [1.29, 1.82) is 0 Å². The van der Waals surface area contributed by atoms with Crippen molar-refractivity contribution in [2.24, 2.45) is 0 Å². The smallest absolute Gasteiger partial charge is 0.338 e. The topological polar surface area (TPSA) is 53.6 Å². The Hall–Kier alpha value is -2.44. The van der Waals surface area contributed by atoms with Crippen molar-refractivity contribution in [2.45, 2.75) is 26.8 Å². The maximum absolute atomic E-state index is 12.1. The molecule has 0 heterocycles. The zero-order valence-corrected chi connectivity index (χ0v) is 17.6. The van der Waals surface area contributed by atoms with Gasteiger partial charge in [-0.15, -0.1) is 0 Å². The van der Waals surface area contributed by atoms with Crippen molar-refractivity contribution in [2.75, 3.05) is 31.6 Å². The van der Waals surface area contributed by atoms with Crippen LogP contribution in [0.4, 0.5) is 5.69 Å². The molecule has 0 fully saturated rings. The molecule has 2 aromatic rings. The van der Waals surface area contributed by atoms with Crippen molar-refractivity contribution in [3.63, 3.8) is 0 Å². The van der Waals surface area contributed by atoms with Gasteiger partial charge in [0.15, 0.2) is 5.11 Å². The average molecular weight is 400 g/mol. The lowest BCUT2D eigenvalue weighted by molar-refractivity contribution is 0.0466. The molecule has 0 aliphatic rings. The summed E-state index contributed by atoms with van der Waals surface area (Å²) in [5, 5.41) is 6.93. The Morgan fingerprint density at radius 2 is 1.71 bits per heavy atom. The van der Waals surface area contributed by atoms with Gasteiger partial charge in [-0.25, -0.2) is 4.79 Å². The van der Waals surface area contributed by atoms with Gasteiger partial charge in [-0.05, 0) is 62.1 Å². The predicted octanol–water partition coefficient (Wildman–Crippen LogP) is 4.23. The highest BCUT2D eigenvalue weighted by Gasteiger charge is 2.09. The first kappa shape index (κ1) is 21.9. The van der Waals surface area contributed by atoms with E-state index in [-0.39, 0.29) is 12.0 Å². The van der Waals surface area contributed by atoms with E-state index in [1.54, 1.807) is 12.1 Å². The second kappa shape index (κ2) is 11.4. The Bertz CT molecular complexity index is 746. The number of thiocarbonyl (C=S) groups is 1. The Morgan fingerprint density at radius 3 is 2.32 bits per heavy atom. The van der Waals surface area contributed by atoms with E-state index in [1.807, 2.05) is 30.3 Å². The van der Waals surface area contributed by atoms with Gasteiger partial charge >= 0.3 is 5.97 Å². The molecule has 0 radical (unpaired) electrons. The first-order valence-corrected chi connectivity index (χ1v) is 10.1. The highest BCUT2D eigenvalue weighted by molar-refractivity contribution is 7.80. The van der Waals surface area contributed by atoms with Crippen molar-refractivity contribution >= 4 is 29.0 Å². The SMILES string of the molecule is CCN(CC)CCOC(=O)c1ccc(NC(=S)NC(C)c2ccccc2)cc1. The summed E-state index contributed by atoms with van der Waals surface area (Å²) in [7, 11) is 0. The summed E-state index contributed by atoms with van der Waals surface area (Å²) in [6.45, 7) is 9.29. The van der Waals surface area contributed by atoms with E-state index in [0.29, 0.717) is 17.3 Å². The molecule has 0 aromatic heterocycles. The lowest BCUT2D eigenvalue weighted by atomic mass is 10.1. The molecular formula is C22H29N3O2S. The van der Waals surface area contributed by atoms with Gasteiger partial charge in [0.25, 0.3) is 0 Å². The van der Waals surface area contributed by atoms with E-state index < -0.39 is 0 Å². The fourth-order valence-electron chi connectivity index (χ4n) is 2.77. The van der Waals surface area contributed by atoms with Gasteiger partial charge in [0.1, 0.15) is 6.61 Å². The van der Waals surface area contributed by atoms with Crippen LogP contribution in [0.15, 0.2) is 54.6 Å². The molecule has 0 spiro atoms. The van der Waals surface area contributed by atoms with Gasteiger partial charge in [-0.2, -0.15) is 0 Å². The maximum atomic E-state index is 12.1. The number of nitrogens with one attached hydrogen (secondary N) is 2. The summed E-state index contributed by atoms with van der Waals surface area (Å²) >= 11 is 5.38. The third-order valence-corrected chi connectivity index (χ3v) is 4.78. The highest BCUT2D eigenvalue weighted by atomic mass is 32.1. The summed E-state index contributed by atoms with van der Waals surface area (Å²) in [5.41, 5.74) is 2.51. The van der Waals surface area contributed by atoms with E-state index in [2.05, 4.69) is 48.4 Å². The van der Waals surface area contributed by atoms with Crippen LogP contribution in [-0.2, 0) is 4.74 Å². The number of hydrogen-bond acceptors (Lipinski definition) is 4. The number of carbonyl (C=O) groups excluding carboxylic acids is 1. The number of benzene rings is 2. The number of nitrogens with zero attached hydrogens (tertiary/aromatic N) is 1. The molecule has 0 amide bonds. The number of hydrogen-bond donors (Lipinski definition) is 2. The molecule has 2 aromatic carbocycles. The largest absolute Gasteiger partial charge is 0.461 e. The summed E-state index contributed by atoms with van der Waals surface area (Å²) in [6, 6.07) is 17.3. The van der Waals surface area contributed by atoms with Gasteiger partial charge in [-0.3, -0.25) is 0 Å². The monoisotopic (exact) mass is 399 g/mol. The molecule has 0 aliphatic heterocycles. The minimum Gasteiger partial charge on any atom is -0.461 e. The molecular weight excluding hydrogens is 370 g/mol. The van der Waals surface area contributed by atoms with Crippen LogP contribution in [0.5, 0.6) is 0 Å². The first-order chi connectivity index (χ1) is 13.5. The van der Waals surface area contributed by atoms with Crippen LogP contribution >= 0.6 is 12.2 Å². The normalized spacial score (nSPS) is 11.7. The van der Waals surface area contributed by atoms with Crippen molar-refractivity contribution in [3.05, 3.63) is 65.7 Å². The lowest BCUT2D eigenvalue weighted by Gasteiger charge is -2.18. The predicted molar refractivity (Wildman–Crippen MR) is 119 cm³/mol. The van der Waals surface area contributed by atoms with Gasteiger partial charge in [-0.1, -0.05) is 44.2 Å². The van der Waals surface area contributed by atoms with Crippen LogP contribution in [0, 0.1) is 0 Å². The molecule has 0 saturated heterocycles. The summed E-state index contributed by atoms with van der Waals surface area (Å²) in [5.74, 6) is -0.308. The molecule has 0 saturated carbocycles. The van der Waals surface area contributed by atoms with Gasteiger partial charge in [0.2, 0.25) is 0 Å². The molecule has 150 valence electrons. The third-order valence-electron chi connectivity index (χ3n) is 4.56. The van der Waals surface area contributed by atoms with E-state index in [0.717, 1.165) is 30.9 Å². The lowest BCUT2D eigenvalue weighted by Crippen LogP contribution is -2.30. The third kappa shape index (κ3) is 6.94. The summed E-state index contributed by atoms with van der Waals surface area (Å²) in [4.78, 5) is 14.4. The van der Waals surface area contributed by atoms with Gasteiger partial charge in [0.05, 0.1) is 11.6 Å². The first-order valence-electron chi connectivity index (χ1n) is 9.65. The van der Waals surface area contributed by atoms with Crippen molar-refractivity contribution in [1.82, 2.24) is 10.2 Å². The van der Waals surface area contributed by atoms with Crippen molar-refractivity contribution < 1.29 is 9.53 Å². The molecule has 6 heteroatoms. The fourth-order valence-corrected chi connectivity index (χ4v) is 3.06. The highest BCUT2D eigenvalue weighted by Crippen LogP contribution is 2.13. The van der Waals surface area contributed by atoms with Crippen LogP contribution in [0.1, 0.15) is 42.7 Å². The number of ether oxygens (including phenoxy) is 1. The molecule has 2 rings (SSSR count). The minimum atomic E-state index is -0.308. The van der Waals surface area contributed by atoms with Gasteiger partial charge in [0, 0.05) is 12.2 Å². The van der Waals surface area contributed by atoms with Gasteiger partial charge < -0.3 is 20.3 Å².